The predicted molar refractivity (Wildman–Crippen MR) is 106 cm³/mol. The van der Waals surface area contributed by atoms with Gasteiger partial charge in [0.1, 0.15) is 23.9 Å². The predicted octanol–water partition coefficient (Wildman–Crippen LogP) is 1.22. The third kappa shape index (κ3) is 5.86. The highest BCUT2D eigenvalue weighted by Crippen LogP contribution is 2.19. The number of hydrogen-bond acceptors (Lipinski definition) is 7. The number of nitrogens with zero attached hydrogens (tertiary/aromatic N) is 3. The Morgan fingerprint density at radius 2 is 1.87 bits per heavy atom. The van der Waals surface area contributed by atoms with E-state index in [4.69, 9.17) is 10.00 Å². The van der Waals surface area contributed by atoms with Gasteiger partial charge in [-0.15, -0.1) is 0 Å². The van der Waals surface area contributed by atoms with Gasteiger partial charge in [0.2, 0.25) is 11.7 Å². The van der Waals surface area contributed by atoms with Crippen molar-refractivity contribution < 1.29 is 23.9 Å². The molecule has 0 radical (unpaired) electrons. The number of carbonyl (C=O) groups is 4. The normalized spacial score (nSPS) is 15.6. The van der Waals surface area contributed by atoms with Crippen molar-refractivity contribution in [2.75, 3.05) is 13.1 Å². The largest absolute Gasteiger partial charge is 0.456 e. The van der Waals surface area contributed by atoms with Crippen LogP contribution in [0.5, 0.6) is 0 Å². The lowest BCUT2D eigenvalue weighted by Crippen LogP contribution is -2.50. The highest BCUT2D eigenvalue weighted by Gasteiger charge is 2.33. The van der Waals surface area contributed by atoms with E-state index in [1.165, 1.54) is 18.3 Å². The number of Topliss-reactive ketones (excluding diaryl/α,β-unsaturated/α-hetero) is 1. The van der Waals surface area contributed by atoms with Gasteiger partial charge in [0.15, 0.2) is 0 Å². The number of carbonyl (C=O) groups excluding carboxylic acids is 4. The Labute approximate surface area is 175 Å². The summed E-state index contributed by atoms with van der Waals surface area (Å²) in [5.74, 6) is -2.19. The maximum Gasteiger partial charge on any atom is 0.375 e. The van der Waals surface area contributed by atoms with Crippen molar-refractivity contribution >= 4 is 23.6 Å². The lowest BCUT2D eigenvalue weighted by molar-refractivity contribution is -0.163. The highest BCUT2D eigenvalue weighted by molar-refractivity contribution is 6.35. The van der Waals surface area contributed by atoms with E-state index in [1.54, 1.807) is 32.6 Å². The van der Waals surface area contributed by atoms with Gasteiger partial charge in [-0.2, -0.15) is 5.26 Å². The minimum absolute atomic E-state index is 0.114. The second kappa shape index (κ2) is 9.48. The van der Waals surface area contributed by atoms with E-state index >= 15 is 0 Å². The molecular weight excluding hydrogens is 388 g/mol. The number of ketones is 1. The van der Waals surface area contributed by atoms with Crippen LogP contribution >= 0.6 is 0 Å². The lowest BCUT2D eigenvalue weighted by Gasteiger charge is -2.33. The molecule has 30 heavy (non-hydrogen) atoms. The molecular formula is C21H26N4O5. The molecule has 9 nitrogen and oxygen atoms in total. The van der Waals surface area contributed by atoms with Crippen molar-refractivity contribution in [3.05, 3.63) is 29.6 Å². The maximum absolute atomic E-state index is 12.6. The average molecular weight is 414 g/mol. The molecule has 1 aliphatic heterocycles. The van der Waals surface area contributed by atoms with Crippen LogP contribution in [-0.2, 0) is 19.1 Å². The van der Waals surface area contributed by atoms with Crippen LogP contribution in [0.4, 0.5) is 0 Å². The van der Waals surface area contributed by atoms with E-state index in [-0.39, 0.29) is 11.6 Å². The number of nitrogens with one attached hydrogen (secondary N) is 1. The van der Waals surface area contributed by atoms with E-state index in [2.05, 4.69) is 10.3 Å². The monoisotopic (exact) mass is 414 g/mol. The Balaban J connectivity index is 1.84. The molecule has 2 amide bonds. The van der Waals surface area contributed by atoms with Crippen molar-refractivity contribution in [2.45, 2.75) is 52.7 Å². The van der Waals surface area contributed by atoms with E-state index in [9.17, 15) is 19.2 Å². The van der Waals surface area contributed by atoms with Crippen LogP contribution in [0.25, 0.3) is 0 Å². The number of pyridine rings is 1. The smallest absolute Gasteiger partial charge is 0.375 e. The Morgan fingerprint density at radius 1 is 1.23 bits per heavy atom. The fourth-order valence-electron chi connectivity index (χ4n) is 2.91. The van der Waals surface area contributed by atoms with Crippen LogP contribution in [0.3, 0.4) is 0 Å². The van der Waals surface area contributed by atoms with Gasteiger partial charge in [0.05, 0.1) is 5.56 Å². The summed E-state index contributed by atoms with van der Waals surface area (Å²) in [6, 6.07) is 4.05. The molecule has 1 fully saturated rings. The molecule has 2 heterocycles. The number of aromatic nitrogens is 1. The number of hydrogen-bond donors (Lipinski definition) is 1. The molecule has 1 atom stereocenters. The second-order valence-electron chi connectivity index (χ2n) is 8.25. The first-order valence-corrected chi connectivity index (χ1v) is 9.74. The number of likely N-dealkylation sites (tertiary alicyclic amines) is 1. The number of rotatable bonds is 5. The van der Waals surface area contributed by atoms with Crippen LogP contribution in [-0.4, -0.2) is 58.7 Å². The Kier molecular flexibility index (Phi) is 7.27. The number of nitriles is 1. The molecule has 0 spiro atoms. The summed E-state index contributed by atoms with van der Waals surface area (Å²) in [5, 5.41) is 11.4. The number of esters is 1. The van der Waals surface area contributed by atoms with Crippen molar-refractivity contribution in [2.24, 2.45) is 5.41 Å². The quantitative estimate of drug-likeness (QED) is 0.566. The van der Waals surface area contributed by atoms with Gasteiger partial charge in [-0.1, -0.05) is 20.8 Å². The Hall–Kier alpha value is -3.28. The zero-order chi connectivity index (χ0) is 22.5. The van der Waals surface area contributed by atoms with Gasteiger partial charge in [-0.3, -0.25) is 14.4 Å². The molecule has 0 bridgehead atoms. The molecule has 1 N–H and O–H groups in total. The Bertz CT molecular complexity index is 859. The third-order valence-corrected chi connectivity index (χ3v) is 4.74. The van der Waals surface area contributed by atoms with Crippen LogP contribution < -0.4 is 5.32 Å². The molecule has 1 aliphatic rings. The minimum Gasteiger partial charge on any atom is -0.456 e. The van der Waals surface area contributed by atoms with Gasteiger partial charge in [-0.25, -0.2) is 9.78 Å². The van der Waals surface area contributed by atoms with Gasteiger partial charge >= 0.3 is 5.97 Å². The van der Waals surface area contributed by atoms with Gasteiger partial charge in [0.25, 0.3) is 5.91 Å². The standard InChI is InChI=1S/C21H26N4O5/c1-13(24-18(27)16-6-5-14(11-22)12-23-16)19(28)25-9-7-15(8-10-25)30-20(29)17(26)21(2,3)4/h5-6,12-13,15H,7-10H2,1-4H3,(H,24,27)/t13-/m0/s1. The second-order valence-corrected chi connectivity index (χ2v) is 8.25. The molecule has 9 heteroatoms. The van der Waals surface area contributed by atoms with Gasteiger partial charge in [0, 0.05) is 37.5 Å². The zero-order valence-corrected chi connectivity index (χ0v) is 17.6. The van der Waals surface area contributed by atoms with Crippen LogP contribution in [0.1, 0.15) is 56.6 Å². The number of amides is 2. The SMILES string of the molecule is C[C@H](NC(=O)c1ccc(C#N)cn1)C(=O)N1CCC(OC(=O)C(=O)C(C)(C)C)CC1. The lowest BCUT2D eigenvalue weighted by atomic mass is 9.91. The first-order valence-electron chi connectivity index (χ1n) is 9.74. The molecule has 0 saturated carbocycles. The van der Waals surface area contributed by atoms with Crippen LogP contribution in [0, 0.1) is 16.7 Å². The molecule has 1 saturated heterocycles. The summed E-state index contributed by atoms with van der Waals surface area (Å²) < 4.78 is 5.28. The zero-order valence-electron chi connectivity index (χ0n) is 17.6. The summed E-state index contributed by atoms with van der Waals surface area (Å²) in [5.41, 5.74) is -0.350. The van der Waals surface area contributed by atoms with Crippen molar-refractivity contribution in [1.82, 2.24) is 15.2 Å². The summed E-state index contributed by atoms with van der Waals surface area (Å²) in [7, 11) is 0. The molecule has 0 aliphatic carbocycles. The first kappa shape index (κ1) is 23.0. The molecule has 2 rings (SSSR count). The third-order valence-electron chi connectivity index (χ3n) is 4.74. The summed E-state index contributed by atoms with van der Waals surface area (Å²) >= 11 is 0. The molecule has 0 aromatic carbocycles. The van der Waals surface area contributed by atoms with Gasteiger partial charge in [-0.05, 0) is 19.1 Å². The van der Waals surface area contributed by atoms with E-state index < -0.39 is 35.2 Å². The topological polar surface area (TPSA) is 129 Å². The Morgan fingerprint density at radius 3 is 2.37 bits per heavy atom. The highest BCUT2D eigenvalue weighted by atomic mass is 16.5. The fourth-order valence-corrected chi connectivity index (χ4v) is 2.91. The number of ether oxygens (including phenoxy) is 1. The summed E-state index contributed by atoms with van der Waals surface area (Å²) in [6.07, 6.45) is 1.72. The van der Waals surface area contributed by atoms with E-state index in [0.717, 1.165) is 0 Å². The fraction of sp³-hybridized carbons (Fsp3) is 0.524. The van der Waals surface area contributed by atoms with Gasteiger partial charge < -0.3 is 15.0 Å². The maximum atomic E-state index is 12.6. The summed E-state index contributed by atoms with van der Waals surface area (Å²) in [6.45, 7) is 7.26. The van der Waals surface area contributed by atoms with E-state index in [1.807, 2.05) is 6.07 Å². The van der Waals surface area contributed by atoms with Crippen molar-refractivity contribution in [3.8, 4) is 6.07 Å². The van der Waals surface area contributed by atoms with Crippen molar-refractivity contribution in [3.63, 3.8) is 0 Å². The first-order chi connectivity index (χ1) is 14.0. The summed E-state index contributed by atoms with van der Waals surface area (Å²) in [4.78, 5) is 54.3. The van der Waals surface area contributed by atoms with Crippen molar-refractivity contribution in [1.29, 1.82) is 5.26 Å². The molecule has 1 aromatic rings. The van der Waals surface area contributed by atoms with Crippen LogP contribution in [0.2, 0.25) is 0 Å². The van der Waals surface area contributed by atoms with Crippen LogP contribution in [0.15, 0.2) is 18.3 Å². The van der Waals surface area contributed by atoms with E-state index in [0.29, 0.717) is 31.5 Å². The number of piperidine rings is 1. The molecule has 1 aromatic heterocycles. The average Bonchev–Trinajstić information content (AvgIpc) is 2.72. The minimum atomic E-state index is -0.845. The molecule has 160 valence electrons. The molecule has 0 unspecified atom stereocenters.